The Kier molecular flexibility index (Phi) is 4.66. The van der Waals surface area contributed by atoms with Crippen LogP contribution in [0.1, 0.15) is 52.9 Å². The van der Waals surface area contributed by atoms with Gasteiger partial charge in [-0.15, -0.1) is 11.3 Å². The smallest absolute Gasteiger partial charge is 0.410 e. The van der Waals surface area contributed by atoms with E-state index in [2.05, 4.69) is 6.07 Å². The molecule has 7 heteroatoms. The summed E-state index contributed by atoms with van der Waals surface area (Å²) in [4.78, 5) is 25.7. The fourth-order valence-corrected chi connectivity index (χ4v) is 3.72. The lowest BCUT2D eigenvalue weighted by Crippen LogP contribution is -2.43. The van der Waals surface area contributed by atoms with E-state index in [1.165, 1.54) is 0 Å². The molecule has 1 heterocycles. The van der Waals surface area contributed by atoms with Crippen LogP contribution in [-0.4, -0.2) is 40.8 Å². The van der Waals surface area contributed by atoms with Crippen molar-refractivity contribution >= 4 is 23.4 Å². The monoisotopic (exact) mass is 336 g/mol. The zero-order valence-corrected chi connectivity index (χ0v) is 14.5. The highest BCUT2D eigenvalue weighted by atomic mass is 32.1. The summed E-state index contributed by atoms with van der Waals surface area (Å²) in [5.41, 5.74) is 0.941. The lowest BCUT2D eigenvalue weighted by molar-refractivity contribution is 0.0209. The van der Waals surface area contributed by atoms with E-state index >= 15 is 0 Å². The molecule has 0 fully saturated rings. The molecule has 1 amide bonds. The third kappa shape index (κ3) is 3.64. The highest BCUT2D eigenvalue weighted by Gasteiger charge is 2.33. The Labute approximate surface area is 139 Å². The number of hydrogen-bond donors (Lipinski definition) is 1. The first-order chi connectivity index (χ1) is 10.6. The number of hydrogen-bond acceptors (Lipinski definition) is 5. The summed E-state index contributed by atoms with van der Waals surface area (Å²) in [5.74, 6) is -0.994. The Hall–Kier alpha value is -2.07. The van der Waals surface area contributed by atoms with Gasteiger partial charge in [-0.25, -0.2) is 9.59 Å². The van der Waals surface area contributed by atoms with Crippen molar-refractivity contribution in [2.45, 2.75) is 51.7 Å². The maximum absolute atomic E-state index is 12.2. The van der Waals surface area contributed by atoms with Gasteiger partial charge in [0.05, 0.1) is 0 Å². The van der Waals surface area contributed by atoms with Gasteiger partial charge in [0.25, 0.3) is 0 Å². The van der Waals surface area contributed by atoms with Gasteiger partial charge in [0.1, 0.15) is 21.4 Å². The second-order valence-electron chi connectivity index (χ2n) is 6.62. The molecule has 1 unspecified atom stereocenters. The summed E-state index contributed by atoms with van der Waals surface area (Å²) >= 11 is 1.02. The zero-order valence-electron chi connectivity index (χ0n) is 13.7. The number of carboxylic acids is 1. The van der Waals surface area contributed by atoms with Crippen LogP contribution >= 0.6 is 11.3 Å². The van der Waals surface area contributed by atoms with Crippen LogP contribution in [0.2, 0.25) is 0 Å². The van der Waals surface area contributed by atoms with Gasteiger partial charge in [0.15, 0.2) is 0 Å². The number of nitriles is 1. The van der Waals surface area contributed by atoms with Gasteiger partial charge < -0.3 is 14.7 Å². The van der Waals surface area contributed by atoms with Crippen LogP contribution in [0.4, 0.5) is 4.79 Å². The average molecular weight is 336 g/mol. The van der Waals surface area contributed by atoms with Crippen LogP contribution in [0.25, 0.3) is 0 Å². The number of nitrogens with zero attached hydrogens (tertiary/aromatic N) is 2. The summed E-state index contributed by atoms with van der Waals surface area (Å²) in [5, 5.41) is 18.5. The predicted molar refractivity (Wildman–Crippen MR) is 85.8 cm³/mol. The molecule has 1 aromatic rings. The molecule has 1 N–H and O–H groups in total. The van der Waals surface area contributed by atoms with E-state index in [4.69, 9.17) is 4.74 Å². The fourth-order valence-electron chi connectivity index (χ4n) is 2.70. The van der Waals surface area contributed by atoms with Gasteiger partial charge in [0.2, 0.25) is 0 Å². The number of thiophene rings is 1. The Bertz CT molecular complexity index is 681. The third-order valence-corrected chi connectivity index (χ3v) is 4.98. The van der Waals surface area contributed by atoms with E-state index < -0.39 is 17.7 Å². The number of aromatic carboxylic acids is 1. The Morgan fingerprint density at radius 3 is 2.57 bits per heavy atom. The number of carbonyl (C=O) groups excluding carboxylic acids is 1. The van der Waals surface area contributed by atoms with E-state index in [1.54, 1.807) is 11.9 Å². The zero-order chi connectivity index (χ0) is 17.4. The van der Waals surface area contributed by atoms with E-state index in [0.717, 1.165) is 22.5 Å². The third-order valence-electron chi connectivity index (χ3n) is 3.81. The number of fused-ring (bicyclic) bond motifs is 1. The van der Waals surface area contributed by atoms with Crippen molar-refractivity contribution in [1.29, 1.82) is 5.26 Å². The molecule has 1 aliphatic rings. The average Bonchev–Trinajstić information content (AvgIpc) is 2.82. The van der Waals surface area contributed by atoms with E-state index in [-0.39, 0.29) is 10.9 Å². The molecule has 1 atom stereocenters. The first-order valence-electron chi connectivity index (χ1n) is 7.37. The Morgan fingerprint density at radius 2 is 2.04 bits per heavy atom. The van der Waals surface area contributed by atoms with Crippen molar-refractivity contribution in [3.05, 3.63) is 20.9 Å². The number of rotatable bonds is 2. The fraction of sp³-hybridized carbons (Fsp3) is 0.562. The number of carbonyl (C=O) groups is 2. The largest absolute Gasteiger partial charge is 0.477 e. The molecule has 0 spiro atoms. The van der Waals surface area contributed by atoms with Crippen molar-refractivity contribution in [1.82, 2.24) is 4.90 Å². The molecular weight excluding hydrogens is 316 g/mol. The van der Waals surface area contributed by atoms with Crippen LogP contribution in [0.3, 0.4) is 0 Å². The van der Waals surface area contributed by atoms with Gasteiger partial charge in [0, 0.05) is 13.1 Å². The first-order valence-corrected chi connectivity index (χ1v) is 8.19. The normalized spacial score (nSPS) is 17.1. The summed E-state index contributed by atoms with van der Waals surface area (Å²) in [6, 6.07) is 1.98. The predicted octanol–water partition coefficient (Wildman–Crippen LogP) is 3.04. The van der Waals surface area contributed by atoms with Crippen molar-refractivity contribution in [2.75, 3.05) is 7.05 Å². The summed E-state index contributed by atoms with van der Waals surface area (Å²) in [6.07, 6.45) is 1.29. The molecule has 0 radical (unpaired) electrons. The Balaban J connectivity index is 2.22. The number of likely N-dealkylation sites (N-methyl/N-ethyl adjacent to an activating group) is 1. The molecule has 0 aromatic carbocycles. The van der Waals surface area contributed by atoms with Crippen LogP contribution in [0, 0.1) is 11.3 Å². The summed E-state index contributed by atoms with van der Waals surface area (Å²) in [7, 11) is 1.68. The van der Waals surface area contributed by atoms with Crippen LogP contribution in [-0.2, 0) is 17.6 Å². The summed E-state index contributed by atoms with van der Waals surface area (Å²) in [6.45, 7) is 5.43. The number of carboxylic acid groups (broad SMARTS) is 1. The van der Waals surface area contributed by atoms with Crippen molar-refractivity contribution in [3.63, 3.8) is 0 Å². The molecular formula is C16H20N2O4S. The van der Waals surface area contributed by atoms with Crippen molar-refractivity contribution in [2.24, 2.45) is 0 Å². The molecule has 0 aliphatic heterocycles. The van der Waals surface area contributed by atoms with Gasteiger partial charge in [-0.3, -0.25) is 0 Å². The van der Waals surface area contributed by atoms with Gasteiger partial charge in [-0.1, -0.05) is 0 Å². The standard InChI is InChI=1S/C16H20N2O4S/c1-16(2,3)22-15(21)18(4)9-5-6-10-11(7-9)12(8-17)23-13(10)14(19)20/h9H,5-7H2,1-4H3,(H,19,20). The first kappa shape index (κ1) is 17.3. The highest BCUT2D eigenvalue weighted by molar-refractivity contribution is 7.14. The second-order valence-corrected chi connectivity index (χ2v) is 7.64. The summed E-state index contributed by atoms with van der Waals surface area (Å²) < 4.78 is 5.37. The quantitative estimate of drug-likeness (QED) is 0.896. The molecule has 1 aliphatic carbocycles. The SMILES string of the molecule is CN(C(=O)OC(C)(C)C)C1CCc2c(C(=O)O)sc(C#N)c2C1. The lowest BCUT2D eigenvalue weighted by Gasteiger charge is -2.33. The minimum atomic E-state index is -0.994. The number of amides is 1. The van der Waals surface area contributed by atoms with Gasteiger partial charge >= 0.3 is 12.1 Å². The second kappa shape index (κ2) is 6.20. The molecule has 23 heavy (non-hydrogen) atoms. The molecule has 6 nitrogen and oxygen atoms in total. The van der Waals surface area contributed by atoms with Gasteiger partial charge in [-0.05, 0) is 51.2 Å². The van der Waals surface area contributed by atoms with Crippen LogP contribution in [0.15, 0.2) is 0 Å². The van der Waals surface area contributed by atoms with Crippen molar-refractivity contribution in [3.8, 4) is 6.07 Å². The Morgan fingerprint density at radius 1 is 1.39 bits per heavy atom. The lowest BCUT2D eigenvalue weighted by atomic mass is 9.88. The maximum atomic E-state index is 12.2. The molecule has 2 rings (SSSR count). The molecule has 1 aromatic heterocycles. The maximum Gasteiger partial charge on any atom is 0.410 e. The van der Waals surface area contributed by atoms with E-state index in [9.17, 15) is 20.0 Å². The molecule has 0 saturated heterocycles. The number of ether oxygens (including phenoxy) is 1. The highest BCUT2D eigenvalue weighted by Crippen LogP contribution is 2.35. The van der Waals surface area contributed by atoms with Gasteiger partial charge in [-0.2, -0.15) is 5.26 Å². The molecule has 124 valence electrons. The minimum Gasteiger partial charge on any atom is -0.477 e. The topological polar surface area (TPSA) is 90.6 Å². The van der Waals surface area contributed by atoms with E-state index in [1.807, 2.05) is 20.8 Å². The van der Waals surface area contributed by atoms with E-state index in [0.29, 0.717) is 24.1 Å². The van der Waals surface area contributed by atoms with Crippen LogP contribution in [0.5, 0.6) is 0 Å². The molecule has 0 saturated carbocycles. The van der Waals surface area contributed by atoms with Crippen LogP contribution < -0.4 is 0 Å². The molecule has 0 bridgehead atoms. The van der Waals surface area contributed by atoms with Crippen molar-refractivity contribution < 1.29 is 19.4 Å². The minimum absolute atomic E-state index is 0.0966.